The minimum absolute atomic E-state index is 0.0863. The molecule has 0 bridgehead atoms. The second-order valence-corrected chi connectivity index (χ2v) is 7.49. The Hall–Kier alpha value is -3.06. The lowest BCUT2D eigenvalue weighted by Crippen LogP contribution is -2.68. The molecular formula is C17H16F3N4O5S+. The number of hydrogen-bond donors (Lipinski definition) is 3. The fourth-order valence-electron chi connectivity index (χ4n) is 3.09. The van der Waals surface area contributed by atoms with Crippen molar-refractivity contribution >= 4 is 35.3 Å². The maximum absolute atomic E-state index is 12.0. The van der Waals surface area contributed by atoms with E-state index in [4.69, 9.17) is 15.6 Å². The molecule has 0 aliphatic carbocycles. The molecule has 0 radical (unpaired) electrons. The third kappa shape index (κ3) is 3.98. The van der Waals surface area contributed by atoms with Crippen LogP contribution in [0.1, 0.15) is 0 Å². The molecule has 0 aromatic carbocycles. The number of carbonyl (C=O) groups is 3. The Balaban J connectivity index is 0.000000318. The number of fused-ring (bicyclic) bond motifs is 2. The first-order chi connectivity index (χ1) is 14.0. The second kappa shape index (κ2) is 7.99. The zero-order valence-corrected chi connectivity index (χ0v) is 15.9. The number of aliphatic carboxylic acids is 2. The highest BCUT2D eigenvalue weighted by molar-refractivity contribution is 8.00. The van der Waals surface area contributed by atoms with Gasteiger partial charge in [-0.05, 0) is 6.07 Å². The summed E-state index contributed by atoms with van der Waals surface area (Å²) in [4.78, 5) is 33.9. The minimum Gasteiger partial charge on any atom is -0.477 e. The molecule has 4 heterocycles. The molecule has 2 atom stereocenters. The van der Waals surface area contributed by atoms with Crippen LogP contribution in [0, 0.1) is 0 Å². The molecular weight excluding hydrogens is 429 g/mol. The van der Waals surface area contributed by atoms with Crippen LogP contribution >= 0.6 is 11.8 Å². The zero-order chi connectivity index (χ0) is 22.2. The maximum atomic E-state index is 12.0. The molecule has 30 heavy (non-hydrogen) atoms. The lowest BCUT2D eigenvalue weighted by atomic mass is 10.0. The van der Waals surface area contributed by atoms with Crippen LogP contribution < -0.4 is 10.1 Å². The normalized spacial score (nSPS) is 20.9. The van der Waals surface area contributed by atoms with E-state index in [1.54, 1.807) is 0 Å². The van der Waals surface area contributed by atoms with Gasteiger partial charge in [-0.3, -0.25) is 9.69 Å². The molecule has 2 aliphatic heterocycles. The quantitative estimate of drug-likeness (QED) is 0.462. The molecule has 2 aromatic heterocycles. The van der Waals surface area contributed by atoms with Crippen molar-refractivity contribution in [3.63, 3.8) is 0 Å². The lowest BCUT2D eigenvalue weighted by molar-refractivity contribution is -0.510. The number of β-lactam (4-membered cyclic amide) rings is 1. The molecule has 2 aliphatic rings. The van der Waals surface area contributed by atoms with Crippen molar-refractivity contribution in [3.8, 4) is 0 Å². The highest BCUT2D eigenvalue weighted by Crippen LogP contribution is 2.39. The number of nitrogens with two attached hydrogens (primary N) is 1. The van der Waals surface area contributed by atoms with E-state index < -0.39 is 24.2 Å². The van der Waals surface area contributed by atoms with Gasteiger partial charge in [-0.2, -0.15) is 13.2 Å². The van der Waals surface area contributed by atoms with Crippen LogP contribution in [-0.4, -0.2) is 60.9 Å². The smallest absolute Gasteiger partial charge is 0.477 e. The van der Waals surface area contributed by atoms with Crippen molar-refractivity contribution in [2.75, 3.05) is 5.75 Å². The number of pyridine rings is 1. The Kier molecular flexibility index (Phi) is 5.76. The number of thioether (sulfide) groups is 1. The standard InChI is InChI=1S/C15H14N4O3S.C2HF3O2/c16-11-13(20)19-12(15(21)22)9(8-23-14(11)19)7-18-6-5-17-4-2-1-3-10(17)18;3-2(4,5)1(6)7/h1-6,11,14H,7-8,16H2;(H,6,7)/p+1/t11-,14-;/m1./s1. The number of rotatable bonds is 3. The summed E-state index contributed by atoms with van der Waals surface area (Å²) in [5.74, 6) is -3.59. The van der Waals surface area contributed by atoms with Crippen LogP contribution in [0.3, 0.4) is 0 Å². The second-order valence-electron chi connectivity index (χ2n) is 6.39. The molecule has 0 spiro atoms. The van der Waals surface area contributed by atoms with Gasteiger partial charge in [0, 0.05) is 17.4 Å². The molecule has 9 nitrogen and oxygen atoms in total. The van der Waals surface area contributed by atoms with Gasteiger partial charge in [0.25, 0.3) is 5.65 Å². The molecule has 0 saturated carbocycles. The van der Waals surface area contributed by atoms with Crippen LogP contribution in [0.25, 0.3) is 5.65 Å². The first kappa shape index (κ1) is 21.6. The van der Waals surface area contributed by atoms with E-state index in [0.29, 0.717) is 12.3 Å². The van der Waals surface area contributed by atoms with Crippen LogP contribution in [0.4, 0.5) is 13.2 Å². The van der Waals surface area contributed by atoms with Gasteiger partial charge in [-0.25, -0.2) is 18.6 Å². The first-order valence-corrected chi connectivity index (χ1v) is 9.48. The average molecular weight is 445 g/mol. The fourth-order valence-corrected chi connectivity index (χ4v) is 4.37. The Morgan fingerprint density at radius 2 is 1.93 bits per heavy atom. The molecule has 4 rings (SSSR count). The predicted molar refractivity (Wildman–Crippen MR) is 97.0 cm³/mol. The van der Waals surface area contributed by atoms with Crippen molar-refractivity contribution in [2.45, 2.75) is 24.1 Å². The predicted octanol–water partition coefficient (Wildman–Crippen LogP) is 0.441. The lowest BCUT2D eigenvalue weighted by Gasteiger charge is -2.47. The van der Waals surface area contributed by atoms with Gasteiger partial charge in [0.05, 0.1) is 6.20 Å². The topological polar surface area (TPSA) is 130 Å². The number of halogens is 3. The Bertz CT molecular complexity index is 1050. The summed E-state index contributed by atoms with van der Waals surface area (Å²) >= 11 is 1.52. The van der Waals surface area contributed by atoms with Crippen LogP contribution in [0.15, 0.2) is 48.1 Å². The Labute approximate surface area is 171 Å². The highest BCUT2D eigenvalue weighted by atomic mass is 32.2. The van der Waals surface area contributed by atoms with E-state index >= 15 is 0 Å². The van der Waals surface area contributed by atoms with E-state index in [2.05, 4.69) is 0 Å². The number of amides is 1. The van der Waals surface area contributed by atoms with Crippen LogP contribution in [0.2, 0.25) is 0 Å². The highest BCUT2D eigenvalue weighted by Gasteiger charge is 2.51. The van der Waals surface area contributed by atoms with Crippen molar-refractivity contribution < 1.29 is 42.2 Å². The summed E-state index contributed by atoms with van der Waals surface area (Å²) in [7, 11) is 0. The SMILES string of the molecule is N[C@@H]1C(=O)N2C(C(=O)O)=C(Cn3cc[n+]4ccccc34)CS[C@H]12.O=C(O)C(F)(F)F. The van der Waals surface area contributed by atoms with E-state index in [-0.39, 0.29) is 17.0 Å². The van der Waals surface area contributed by atoms with Crippen molar-refractivity contribution in [1.82, 2.24) is 9.47 Å². The molecule has 0 unspecified atom stereocenters. The van der Waals surface area contributed by atoms with Crippen molar-refractivity contribution in [3.05, 3.63) is 48.1 Å². The summed E-state index contributed by atoms with van der Waals surface area (Å²) in [5, 5.41) is 16.4. The number of carbonyl (C=O) groups excluding carboxylic acids is 1. The third-order valence-corrected chi connectivity index (χ3v) is 5.82. The van der Waals surface area contributed by atoms with Gasteiger partial charge < -0.3 is 15.9 Å². The van der Waals surface area contributed by atoms with E-state index in [0.717, 1.165) is 11.2 Å². The van der Waals surface area contributed by atoms with E-state index in [9.17, 15) is 27.9 Å². The summed E-state index contributed by atoms with van der Waals surface area (Å²) in [6, 6.07) is 5.23. The van der Waals surface area contributed by atoms with Gasteiger partial charge in [0.15, 0.2) is 0 Å². The summed E-state index contributed by atoms with van der Waals surface area (Å²) in [6.07, 6.45) is 0.671. The Morgan fingerprint density at radius 3 is 2.53 bits per heavy atom. The number of carboxylic acids is 2. The molecule has 1 saturated heterocycles. The molecule has 4 N–H and O–H groups in total. The van der Waals surface area contributed by atoms with Gasteiger partial charge in [-0.15, -0.1) is 11.8 Å². The summed E-state index contributed by atoms with van der Waals surface area (Å²) in [6.45, 7) is 0.431. The maximum Gasteiger partial charge on any atom is 0.490 e. The zero-order valence-electron chi connectivity index (χ0n) is 15.1. The number of carboxylic acid groups (broad SMARTS) is 2. The molecule has 2 aromatic rings. The number of nitrogens with zero attached hydrogens (tertiary/aromatic N) is 3. The number of imidazole rings is 1. The van der Waals surface area contributed by atoms with Gasteiger partial charge in [-0.1, -0.05) is 6.07 Å². The molecule has 160 valence electrons. The molecule has 1 fully saturated rings. The number of aromatic nitrogens is 2. The third-order valence-electron chi connectivity index (χ3n) is 4.46. The average Bonchev–Trinajstić information content (AvgIpc) is 3.09. The van der Waals surface area contributed by atoms with Gasteiger partial charge >= 0.3 is 18.1 Å². The Morgan fingerprint density at radius 1 is 1.27 bits per heavy atom. The fraction of sp³-hybridized carbons (Fsp3) is 0.294. The van der Waals surface area contributed by atoms with Gasteiger partial charge in [0.2, 0.25) is 5.91 Å². The summed E-state index contributed by atoms with van der Waals surface area (Å²) < 4.78 is 35.7. The monoisotopic (exact) mass is 445 g/mol. The van der Waals surface area contributed by atoms with Gasteiger partial charge in [0.1, 0.15) is 36.1 Å². The molecule has 1 amide bonds. The molecule has 13 heteroatoms. The minimum atomic E-state index is -5.08. The first-order valence-electron chi connectivity index (χ1n) is 8.43. The van der Waals surface area contributed by atoms with E-state index in [1.165, 1.54) is 16.7 Å². The van der Waals surface area contributed by atoms with Crippen molar-refractivity contribution in [2.24, 2.45) is 5.73 Å². The van der Waals surface area contributed by atoms with Crippen molar-refractivity contribution in [1.29, 1.82) is 0 Å². The number of alkyl halides is 3. The largest absolute Gasteiger partial charge is 0.490 e. The van der Waals surface area contributed by atoms with Crippen LogP contribution in [0.5, 0.6) is 0 Å². The number of hydrogen-bond acceptors (Lipinski definition) is 5. The van der Waals surface area contributed by atoms with E-state index in [1.807, 2.05) is 45.8 Å². The summed E-state index contributed by atoms with van der Waals surface area (Å²) in [5.41, 5.74) is 7.53. The van der Waals surface area contributed by atoms with Crippen LogP contribution in [-0.2, 0) is 20.9 Å².